The monoisotopic (exact) mass is 342 g/mol. The van der Waals surface area contributed by atoms with Crippen molar-refractivity contribution < 1.29 is 14.3 Å². The highest BCUT2D eigenvalue weighted by atomic mass is 16.5. The van der Waals surface area contributed by atoms with Crippen molar-refractivity contribution in [3.05, 3.63) is 34.1 Å². The number of carbonyl (C=O) groups is 1. The summed E-state index contributed by atoms with van der Waals surface area (Å²) in [7, 11) is 1.54. The molecule has 25 heavy (non-hydrogen) atoms. The number of aromatic nitrogens is 1. The minimum absolute atomic E-state index is 0.00449. The molecule has 6 nitrogen and oxygen atoms in total. The van der Waals surface area contributed by atoms with Crippen LogP contribution in [-0.2, 0) is 0 Å². The van der Waals surface area contributed by atoms with Gasteiger partial charge in [-0.05, 0) is 24.6 Å². The Hall–Kier alpha value is -2.94. The van der Waals surface area contributed by atoms with Crippen molar-refractivity contribution >= 4 is 16.8 Å². The quantitative estimate of drug-likeness (QED) is 0.570. The fraction of sp³-hybridized carbons (Fsp3) is 0.368. The predicted molar refractivity (Wildman–Crippen MR) is 97.3 cm³/mol. The largest absolute Gasteiger partial charge is 0.493 e. The van der Waals surface area contributed by atoms with E-state index in [2.05, 4.69) is 23.1 Å². The Morgan fingerprint density at radius 1 is 1.36 bits per heavy atom. The number of methoxy groups -OCH3 is 1. The first kappa shape index (κ1) is 18.4. The molecule has 6 heteroatoms. The summed E-state index contributed by atoms with van der Waals surface area (Å²) in [5.74, 6) is 2.80. The molecule has 0 aliphatic rings. The van der Waals surface area contributed by atoms with Crippen LogP contribution in [-0.4, -0.2) is 31.2 Å². The standard InChI is InChI=1S/C19H22N2O4/c1-4-6-7-11-25-17-15(24-3)9-8-13-12-14(18(22)20-10-5-2)19(23)21-16(13)17/h2,8-9,12H,4,6-7,10-11H2,1,3H3,(H,20,22)(H,21,23). The van der Waals surface area contributed by atoms with Crippen LogP contribution in [0.1, 0.15) is 36.5 Å². The Labute approximate surface area is 146 Å². The average molecular weight is 342 g/mol. The zero-order valence-electron chi connectivity index (χ0n) is 14.5. The van der Waals surface area contributed by atoms with Crippen LogP contribution in [0.3, 0.4) is 0 Å². The topological polar surface area (TPSA) is 80.4 Å². The molecule has 2 aromatic rings. The second-order valence-electron chi connectivity index (χ2n) is 5.52. The van der Waals surface area contributed by atoms with Crippen molar-refractivity contribution in [1.29, 1.82) is 0 Å². The molecule has 0 bridgehead atoms. The number of H-pyrrole nitrogens is 1. The molecule has 0 radical (unpaired) electrons. The van der Waals surface area contributed by atoms with E-state index < -0.39 is 11.5 Å². The number of unbranched alkanes of at least 4 members (excludes halogenated alkanes) is 2. The van der Waals surface area contributed by atoms with E-state index in [9.17, 15) is 9.59 Å². The first-order chi connectivity index (χ1) is 12.1. The smallest absolute Gasteiger partial charge is 0.261 e. The lowest BCUT2D eigenvalue weighted by Crippen LogP contribution is -2.29. The molecule has 1 aromatic carbocycles. The van der Waals surface area contributed by atoms with E-state index in [0.717, 1.165) is 19.3 Å². The lowest BCUT2D eigenvalue weighted by atomic mass is 10.1. The van der Waals surface area contributed by atoms with E-state index in [1.165, 1.54) is 6.07 Å². The van der Waals surface area contributed by atoms with Crippen molar-refractivity contribution in [3.8, 4) is 23.8 Å². The molecule has 0 saturated heterocycles. The van der Waals surface area contributed by atoms with Crippen molar-refractivity contribution in [1.82, 2.24) is 10.3 Å². The number of ether oxygens (including phenoxy) is 2. The number of hydrogen-bond donors (Lipinski definition) is 2. The molecule has 0 aliphatic carbocycles. The van der Waals surface area contributed by atoms with Crippen LogP contribution in [0.5, 0.6) is 11.5 Å². The number of rotatable bonds is 8. The first-order valence-electron chi connectivity index (χ1n) is 8.20. The molecule has 0 saturated carbocycles. The molecular formula is C19H22N2O4. The molecule has 2 N–H and O–H groups in total. The third-order valence-electron chi connectivity index (χ3n) is 3.75. The van der Waals surface area contributed by atoms with Crippen LogP contribution in [0, 0.1) is 12.3 Å². The summed E-state index contributed by atoms with van der Waals surface area (Å²) in [5, 5.41) is 3.17. The predicted octanol–water partition coefficient (Wildman–Crippen LogP) is 2.47. The van der Waals surface area contributed by atoms with E-state index in [1.807, 2.05) is 0 Å². The van der Waals surface area contributed by atoms with Gasteiger partial charge in [0.1, 0.15) is 5.56 Å². The van der Waals surface area contributed by atoms with Gasteiger partial charge in [0.15, 0.2) is 11.5 Å². The average Bonchev–Trinajstić information content (AvgIpc) is 2.62. The minimum atomic E-state index is -0.512. The van der Waals surface area contributed by atoms with Gasteiger partial charge in [-0.15, -0.1) is 6.42 Å². The summed E-state index contributed by atoms with van der Waals surface area (Å²) >= 11 is 0. The summed E-state index contributed by atoms with van der Waals surface area (Å²) < 4.78 is 11.2. The van der Waals surface area contributed by atoms with Gasteiger partial charge in [0, 0.05) is 5.39 Å². The number of carbonyl (C=O) groups excluding carboxylic acids is 1. The number of terminal acetylenes is 1. The Bertz CT molecular complexity index is 849. The van der Waals surface area contributed by atoms with Gasteiger partial charge >= 0.3 is 0 Å². The maximum Gasteiger partial charge on any atom is 0.261 e. The second-order valence-corrected chi connectivity index (χ2v) is 5.52. The molecular weight excluding hydrogens is 320 g/mol. The zero-order chi connectivity index (χ0) is 18.2. The maximum atomic E-state index is 12.3. The van der Waals surface area contributed by atoms with E-state index >= 15 is 0 Å². The molecule has 1 heterocycles. The lowest BCUT2D eigenvalue weighted by molar-refractivity contribution is 0.0957. The van der Waals surface area contributed by atoms with Gasteiger partial charge in [-0.1, -0.05) is 25.7 Å². The number of aromatic amines is 1. The van der Waals surface area contributed by atoms with Crippen LogP contribution in [0.15, 0.2) is 23.0 Å². The highest BCUT2D eigenvalue weighted by Crippen LogP contribution is 2.34. The Kier molecular flexibility index (Phi) is 6.47. The van der Waals surface area contributed by atoms with Gasteiger partial charge < -0.3 is 19.8 Å². The number of fused-ring (bicyclic) bond motifs is 1. The van der Waals surface area contributed by atoms with Gasteiger partial charge in [0.2, 0.25) is 0 Å². The molecule has 0 unspecified atom stereocenters. The Morgan fingerprint density at radius 3 is 2.84 bits per heavy atom. The number of hydrogen-bond acceptors (Lipinski definition) is 4. The van der Waals surface area contributed by atoms with Crippen LogP contribution in [0.25, 0.3) is 10.9 Å². The number of nitrogens with one attached hydrogen (secondary N) is 2. The molecule has 132 valence electrons. The summed E-state index contributed by atoms with van der Waals surface area (Å²) in [6.45, 7) is 2.70. The molecule has 1 amide bonds. The lowest BCUT2D eigenvalue weighted by Gasteiger charge is -2.13. The minimum Gasteiger partial charge on any atom is -0.493 e. The summed E-state index contributed by atoms with van der Waals surface area (Å²) in [4.78, 5) is 27.1. The van der Waals surface area contributed by atoms with Crippen molar-refractivity contribution in [2.45, 2.75) is 26.2 Å². The Balaban J connectivity index is 2.42. The van der Waals surface area contributed by atoms with Crippen molar-refractivity contribution in [3.63, 3.8) is 0 Å². The molecule has 2 rings (SSSR count). The third kappa shape index (κ3) is 4.32. The number of pyridine rings is 1. The van der Waals surface area contributed by atoms with Gasteiger partial charge in [-0.25, -0.2) is 0 Å². The fourth-order valence-electron chi connectivity index (χ4n) is 2.46. The SMILES string of the molecule is C#CCNC(=O)c1cc2ccc(OC)c(OCCCCC)c2[nH]c1=O. The van der Waals surface area contributed by atoms with Gasteiger partial charge in [0.25, 0.3) is 11.5 Å². The molecule has 0 fully saturated rings. The molecule has 0 spiro atoms. The van der Waals surface area contributed by atoms with Crippen LogP contribution in [0.4, 0.5) is 0 Å². The van der Waals surface area contributed by atoms with E-state index in [-0.39, 0.29) is 12.1 Å². The van der Waals surface area contributed by atoms with E-state index in [1.54, 1.807) is 19.2 Å². The highest BCUT2D eigenvalue weighted by molar-refractivity contribution is 5.98. The Morgan fingerprint density at radius 2 is 2.16 bits per heavy atom. The van der Waals surface area contributed by atoms with E-state index in [0.29, 0.717) is 29.0 Å². The van der Waals surface area contributed by atoms with Gasteiger partial charge in [-0.2, -0.15) is 0 Å². The van der Waals surface area contributed by atoms with Crippen LogP contribution in [0.2, 0.25) is 0 Å². The van der Waals surface area contributed by atoms with Crippen molar-refractivity contribution in [2.75, 3.05) is 20.3 Å². The molecule has 0 aliphatic heterocycles. The third-order valence-corrected chi connectivity index (χ3v) is 3.75. The van der Waals surface area contributed by atoms with Crippen LogP contribution >= 0.6 is 0 Å². The second kappa shape index (κ2) is 8.78. The van der Waals surface area contributed by atoms with Crippen LogP contribution < -0.4 is 20.3 Å². The highest BCUT2D eigenvalue weighted by Gasteiger charge is 2.16. The first-order valence-corrected chi connectivity index (χ1v) is 8.20. The van der Waals surface area contributed by atoms with E-state index in [4.69, 9.17) is 15.9 Å². The maximum absolute atomic E-state index is 12.3. The van der Waals surface area contributed by atoms with Gasteiger partial charge in [-0.3, -0.25) is 9.59 Å². The summed E-state index contributed by atoms with van der Waals surface area (Å²) in [5.41, 5.74) is 0.00730. The normalized spacial score (nSPS) is 10.3. The summed E-state index contributed by atoms with van der Waals surface area (Å²) in [6, 6.07) is 5.04. The number of amides is 1. The van der Waals surface area contributed by atoms with Gasteiger partial charge in [0.05, 0.1) is 25.8 Å². The summed E-state index contributed by atoms with van der Waals surface area (Å²) in [6.07, 6.45) is 8.18. The number of benzene rings is 1. The fourth-order valence-corrected chi connectivity index (χ4v) is 2.46. The molecule has 0 atom stereocenters. The molecule has 1 aromatic heterocycles. The van der Waals surface area contributed by atoms with Crippen molar-refractivity contribution in [2.24, 2.45) is 0 Å². The zero-order valence-corrected chi connectivity index (χ0v) is 14.5.